The van der Waals surface area contributed by atoms with Crippen molar-refractivity contribution in [3.63, 3.8) is 0 Å². The summed E-state index contributed by atoms with van der Waals surface area (Å²) >= 11 is 0. The fraction of sp³-hybridized carbons (Fsp3) is 0.353. The van der Waals surface area contributed by atoms with Crippen LogP contribution < -0.4 is 9.47 Å². The molecule has 0 radical (unpaired) electrons. The van der Waals surface area contributed by atoms with E-state index in [0.717, 1.165) is 36.8 Å². The van der Waals surface area contributed by atoms with Crippen LogP contribution in [0.2, 0.25) is 0 Å². The van der Waals surface area contributed by atoms with Gasteiger partial charge in [-0.15, -0.1) is 0 Å². The molecule has 0 bridgehead atoms. The number of halogens is 3. The van der Waals surface area contributed by atoms with Crippen LogP contribution in [-0.2, 0) is 9.47 Å². The summed E-state index contributed by atoms with van der Waals surface area (Å²) in [5.74, 6) is -0.959. The van der Waals surface area contributed by atoms with E-state index in [4.69, 9.17) is 18.9 Å². The van der Waals surface area contributed by atoms with Crippen molar-refractivity contribution in [3.8, 4) is 22.6 Å². The third kappa shape index (κ3) is 10.9. The molecule has 0 saturated carbocycles. The molecule has 0 aliphatic carbocycles. The number of carbonyl (C=O) groups is 2. The van der Waals surface area contributed by atoms with Crippen LogP contribution in [0.25, 0.3) is 11.1 Å². The Balaban J connectivity index is 1.55. The van der Waals surface area contributed by atoms with E-state index in [1.807, 2.05) is 24.3 Å². The van der Waals surface area contributed by atoms with E-state index in [2.05, 4.69) is 13.5 Å². The number of alkyl halides is 3. The second-order valence-corrected chi connectivity index (χ2v) is 9.83. The summed E-state index contributed by atoms with van der Waals surface area (Å²) in [6, 6.07) is 20.1. The van der Waals surface area contributed by atoms with Crippen molar-refractivity contribution < 1.29 is 41.7 Å². The SMILES string of the molecule is C=CCOc1ccc(-c2ccc(C(=O)Oc3ccccc3C(=O)OCCC(OCCCCCCC)C(F)(F)F)cc2)cc1. The Kier molecular flexibility index (Phi) is 13.3. The molecule has 1 atom stereocenters. The lowest BCUT2D eigenvalue weighted by molar-refractivity contribution is -0.224. The quantitative estimate of drug-likeness (QED) is 0.0671. The smallest absolute Gasteiger partial charge is 0.414 e. The Labute approximate surface area is 250 Å². The highest BCUT2D eigenvalue weighted by molar-refractivity contribution is 5.96. The number of rotatable bonds is 17. The lowest BCUT2D eigenvalue weighted by Gasteiger charge is -2.21. The van der Waals surface area contributed by atoms with Crippen molar-refractivity contribution in [1.82, 2.24) is 0 Å². The largest absolute Gasteiger partial charge is 0.490 e. The number of hydrogen-bond acceptors (Lipinski definition) is 6. The molecule has 3 rings (SSSR count). The molecule has 0 amide bonds. The van der Waals surface area contributed by atoms with Gasteiger partial charge in [0.15, 0.2) is 6.10 Å². The Morgan fingerprint density at radius 2 is 1.49 bits per heavy atom. The summed E-state index contributed by atoms with van der Waals surface area (Å²) in [6.07, 6.45) is -1.14. The van der Waals surface area contributed by atoms with Gasteiger partial charge < -0.3 is 18.9 Å². The Morgan fingerprint density at radius 1 is 0.837 bits per heavy atom. The lowest BCUT2D eigenvalue weighted by Crippen LogP contribution is -2.33. The molecule has 0 aromatic heterocycles. The summed E-state index contributed by atoms with van der Waals surface area (Å²) < 4.78 is 61.4. The normalized spacial score (nSPS) is 11.9. The molecule has 0 N–H and O–H groups in total. The molecular weight excluding hydrogens is 561 g/mol. The average Bonchev–Trinajstić information content (AvgIpc) is 3.00. The molecule has 0 fully saturated rings. The number of para-hydroxylation sites is 1. The van der Waals surface area contributed by atoms with E-state index in [1.165, 1.54) is 18.2 Å². The van der Waals surface area contributed by atoms with Gasteiger partial charge in [0.25, 0.3) is 0 Å². The Hall–Kier alpha value is -4.11. The predicted octanol–water partition coefficient (Wildman–Crippen LogP) is 8.60. The van der Waals surface area contributed by atoms with Crippen LogP contribution in [0, 0.1) is 0 Å². The van der Waals surface area contributed by atoms with Crippen molar-refractivity contribution in [2.75, 3.05) is 19.8 Å². The summed E-state index contributed by atoms with van der Waals surface area (Å²) in [4.78, 5) is 25.5. The van der Waals surface area contributed by atoms with Gasteiger partial charge in [-0.1, -0.05) is 81.7 Å². The monoisotopic (exact) mass is 598 g/mol. The van der Waals surface area contributed by atoms with E-state index in [-0.39, 0.29) is 23.5 Å². The first-order valence-corrected chi connectivity index (χ1v) is 14.3. The maximum atomic E-state index is 13.4. The fourth-order valence-corrected chi connectivity index (χ4v) is 4.19. The van der Waals surface area contributed by atoms with E-state index in [1.54, 1.807) is 36.4 Å². The van der Waals surface area contributed by atoms with Crippen LogP contribution in [0.5, 0.6) is 11.5 Å². The van der Waals surface area contributed by atoms with Crippen LogP contribution in [0.3, 0.4) is 0 Å². The summed E-state index contributed by atoms with van der Waals surface area (Å²) in [7, 11) is 0. The highest BCUT2D eigenvalue weighted by atomic mass is 19.4. The van der Waals surface area contributed by atoms with Crippen LogP contribution in [0.4, 0.5) is 13.2 Å². The van der Waals surface area contributed by atoms with E-state index in [9.17, 15) is 22.8 Å². The molecule has 0 aliphatic rings. The average molecular weight is 599 g/mol. The van der Waals surface area contributed by atoms with Crippen LogP contribution >= 0.6 is 0 Å². The standard InChI is InChI=1S/C34H37F3O6/c1-3-5-6-7-10-23-41-31(34(35,36)37)21-24-42-33(39)29-11-8-9-12-30(29)43-32(38)27-15-13-25(14-16-27)26-17-19-28(20-18-26)40-22-4-2/h4,8-9,11-20,31H,2-3,5-7,10,21-24H2,1H3. The first kappa shape index (κ1) is 33.4. The summed E-state index contributed by atoms with van der Waals surface area (Å²) in [5, 5.41) is 0. The molecule has 9 heteroatoms. The van der Waals surface area contributed by atoms with Crippen LogP contribution in [0.15, 0.2) is 85.5 Å². The number of unbranched alkanes of at least 4 members (excludes halogenated alkanes) is 4. The lowest BCUT2D eigenvalue weighted by atomic mass is 10.0. The number of esters is 2. The minimum absolute atomic E-state index is 0.0149. The zero-order valence-corrected chi connectivity index (χ0v) is 24.2. The molecular formula is C34H37F3O6. The van der Waals surface area contributed by atoms with Gasteiger partial charge in [0.2, 0.25) is 0 Å². The second kappa shape index (κ2) is 17.1. The maximum Gasteiger partial charge on any atom is 0.414 e. The van der Waals surface area contributed by atoms with E-state index >= 15 is 0 Å². The van der Waals surface area contributed by atoms with Crippen molar-refractivity contribution in [1.29, 1.82) is 0 Å². The van der Waals surface area contributed by atoms with Crippen LogP contribution in [0.1, 0.15) is 66.2 Å². The van der Waals surface area contributed by atoms with Gasteiger partial charge in [0.1, 0.15) is 23.7 Å². The molecule has 230 valence electrons. The minimum Gasteiger partial charge on any atom is -0.490 e. The predicted molar refractivity (Wildman–Crippen MR) is 158 cm³/mol. The molecule has 1 unspecified atom stereocenters. The fourth-order valence-electron chi connectivity index (χ4n) is 4.19. The highest BCUT2D eigenvalue weighted by Gasteiger charge is 2.40. The minimum atomic E-state index is -4.58. The van der Waals surface area contributed by atoms with Gasteiger partial charge >= 0.3 is 18.1 Å². The van der Waals surface area contributed by atoms with Gasteiger partial charge in [0, 0.05) is 13.0 Å². The van der Waals surface area contributed by atoms with Crippen LogP contribution in [-0.4, -0.2) is 44.0 Å². The molecule has 0 heterocycles. The van der Waals surface area contributed by atoms with Gasteiger partial charge in [-0.2, -0.15) is 13.2 Å². The van der Waals surface area contributed by atoms with Gasteiger partial charge in [0.05, 0.1) is 12.2 Å². The van der Waals surface area contributed by atoms with Gasteiger partial charge in [-0.3, -0.25) is 0 Å². The van der Waals surface area contributed by atoms with E-state index in [0.29, 0.717) is 18.8 Å². The molecule has 6 nitrogen and oxygen atoms in total. The molecule has 3 aromatic rings. The van der Waals surface area contributed by atoms with Crippen molar-refractivity contribution >= 4 is 11.9 Å². The van der Waals surface area contributed by atoms with Crippen molar-refractivity contribution in [3.05, 3.63) is 96.6 Å². The van der Waals surface area contributed by atoms with E-state index < -0.39 is 37.2 Å². The maximum absolute atomic E-state index is 13.4. The van der Waals surface area contributed by atoms with Crippen molar-refractivity contribution in [2.45, 2.75) is 57.7 Å². The second-order valence-electron chi connectivity index (χ2n) is 9.83. The molecule has 43 heavy (non-hydrogen) atoms. The number of hydrogen-bond donors (Lipinski definition) is 0. The number of carbonyl (C=O) groups excluding carboxylic acids is 2. The zero-order valence-electron chi connectivity index (χ0n) is 24.2. The van der Waals surface area contributed by atoms with Gasteiger partial charge in [-0.05, 0) is 53.9 Å². The third-order valence-electron chi connectivity index (χ3n) is 6.53. The highest BCUT2D eigenvalue weighted by Crippen LogP contribution is 2.27. The van der Waals surface area contributed by atoms with Crippen molar-refractivity contribution in [2.24, 2.45) is 0 Å². The summed E-state index contributed by atoms with van der Waals surface area (Å²) in [5.41, 5.74) is 1.96. The topological polar surface area (TPSA) is 71.1 Å². The molecule has 0 spiro atoms. The number of ether oxygens (including phenoxy) is 4. The first-order valence-electron chi connectivity index (χ1n) is 14.3. The zero-order chi connectivity index (χ0) is 31.1. The Morgan fingerprint density at radius 3 is 2.14 bits per heavy atom. The first-order chi connectivity index (χ1) is 20.7. The molecule has 3 aromatic carbocycles. The molecule has 0 aliphatic heterocycles. The summed E-state index contributed by atoms with van der Waals surface area (Å²) in [6.45, 7) is 5.56. The Bertz CT molecular complexity index is 1300. The third-order valence-corrected chi connectivity index (χ3v) is 6.53. The number of benzene rings is 3. The van der Waals surface area contributed by atoms with Gasteiger partial charge in [-0.25, -0.2) is 9.59 Å². The molecule has 0 saturated heterocycles.